The van der Waals surface area contributed by atoms with Gasteiger partial charge in [0, 0.05) is 17.8 Å². The fourth-order valence-electron chi connectivity index (χ4n) is 2.14. The van der Waals surface area contributed by atoms with Crippen molar-refractivity contribution < 1.29 is 9.90 Å². The number of benzene rings is 1. The van der Waals surface area contributed by atoms with Crippen molar-refractivity contribution in [3.8, 4) is 5.69 Å². The molecule has 1 heterocycles. The molecule has 0 saturated carbocycles. The minimum absolute atomic E-state index is 0.223. The minimum atomic E-state index is -0.543. The summed E-state index contributed by atoms with van der Waals surface area (Å²) < 4.78 is 1.59. The van der Waals surface area contributed by atoms with Crippen LogP contribution in [0.1, 0.15) is 30.8 Å². The largest absolute Gasteiger partial charge is 0.391 e. The lowest BCUT2D eigenvalue weighted by Crippen LogP contribution is -2.33. The molecule has 6 heteroatoms. The SMILES string of the molecule is CC(C)CC(O)CNC(=O)c1ccn(-c2cccc(Cl)c2)n1. The van der Waals surface area contributed by atoms with E-state index in [2.05, 4.69) is 10.4 Å². The van der Waals surface area contributed by atoms with E-state index >= 15 is 0 Å². The molecule has 22 heavy (non-hydrogen) atoms. The zero-order valence-corrected chi connectivity index (χ0v) is 13.4. The summed E-state index contributed by atoms with van der Waals surface area (Å²) in [7, 11) is 0. The quantitative estimate of drug-likeness (QED) is 0.859. The first-order valence-corrected chi connectivity index (χ1v) is 7.61. The van der Waals surface area contributed by atoms with E-state index in [1.165, 1.54) is 0 Å². The summed E-state index contributed by atoms with van der Waals surface area (Å²) in [4.78, 5) is 12.0. The third-order valence-corrected chi connectivity index (χ3v) is 3.37. The molecule has 0 aliphatic heterocycles. The van der Waals surface area contributed by atoms with Gasteiger partial charge in [-0.05, 0) is 36.6 Å². The van der Waals surface area contributed by atoms with Gasteiger partial charge in [-0.15, -0.1) is 0 Å². The smallest absolute Gasteiger partial charge is 0.271 e. The number of rotatable bonds is 6. The monoisotopic (exact) mass is 321 g/mol. The molecule has 1 atom stereocenters. The number of nitrogens with one attached hydrogen (secondary N) is 1. The number of carbonyl (C=O) groups is 1. The van der Waals surface area contributed by atoms with Crippen molar-refractivity contribution in [2.24, 2.45) is 5.92 Å². The zero-order valence-electron chi connectivity index (χ0n) is 12.7. The van der Waals surface area contributed by atoms with Crippen molar-refractivity contribution in [1.82, 2.24) is 15.1 Å². The van der Waals surface area contributed by atoms with Gasteiger partial charge in [0.1, 0.15) is 0 Å². The Morgan fingerprint density at radius 3 is 2.86 bits per heavy atom. The van der Waals surface area contributed by atoms with Crippen LogP contribution in [-0.4, -0.2) is 33.4 Å². The third kappa shape index (κ3) is 4.58. The Hall–Kier alpha value is -1.85. The Morgan fingerprint density at radius 1 is 1.41 bits per heavy atom. The van der Waals surface area contributed by atoms with Crippen molar-refractivity contribution in [3.63, 3.8) is 0 Å². The summed E-state index contributed by atoms with van der Waals surface area (Å²) >= 11 is 5.94. The van der Waals surface area contributed by atoms with Crippen LogP contribution in [0.15, 0.2) is 36.5 Å². The highest BCUT2D eigenvalue weighted by Crippen LogP contribution is 2.14. The maximum Gasteiger partial charge on any atom is 0.271 e. The van der Waals surface area contributed by atoms with Gasteiger partial charge >= 0.3 is 0 Å². The van der Waals surface area contributed by atoms with E-state index in [0.717, 1.165) is 5.69 Å². The normalized spacial score (nSPS) is 12.4. The predicted octanol–water partition coefficient (Wildman–Crippen LogP) is 2.66. The van der Waals surface area contributed by atoms with Gasteiger partial charge in [0.2, 0.25) is 0 Å². The number of carbonyl (C=O) groups excluding carboxylic acids is 1. The van der Waals surface area contributed by atoms with Crippen LogP contribution in [0.2, 0.25) is 5.02 Å². The molecule has 0 bridgehead atoms. The van der Waals surface area contributed by atoms with E-state index in [9.17, 15) is 9.90 Å². The van der Waals surface area contributed by atoms with E-state index < -0.39 is 6.10 Å². The van der Waals surface area contributed by atoms with E-state index in [1.807, 2.05) is 26.0 Å². The molecular formula is C16H20ClN3O2. The number of aliphatic hydroxyl groups excluding tert-OH is 1. The summed E-state index contributed by atoms with van der Waals surface area (Å²) in [6, 6.07) is 8.85. The molecule has 0 radical (unpaired) electrons. The summed E-state index contributed by atoms with van der Waals surface area (Å²) in [6.07, 6.45) is 1.81. The average Bonchev–Trinajstić information content (AvgIpc) is 2.94. The number of aliphatic hydroxyl groups is 1. The molecule has 1 unspecified atom stereocenters. The van der Waals surface area contributed by atoms with Gasteiger partial charge in [-0.1, -0.05) is 31.5 Å². The van der Waals surface area contributed by atoms with Crippen molar-refractivity contribution in [2.45, 2.75) is 26.4 Å². The molecule has 0 fully saturated rings. The summed E-state index contributed by atoms with van der Waals surface area (Å²) in [6.45, 7) is 4.27. The molecule has 0 spiro atoms. The topological polar surface area (TPSA) is 67.2 Å². The second kappa shape index (κ2) is 7.42. The molecular weight excluding hydrogens is 302 g/mol. The molecule has 2 aromatic rings. The van der Waals surface area contributed by atoms with E-state index in [4.69, 9.17) is 11.6 Å². The summed E-state index contributed by atoms with van der Waals surface area (Å²) in [5.41, 5.74) is 1.09. The van der Waals surface area contributed by atoms with Crippen LogP contribution in [0, 0.1) is 5.92 Å². The molecule has 0 aliphatic rings. The van der Waals surface area contributed by atoms with E-state index in [1.54, 1.807) is 29.1 Å². The van der Waals surface area contributed by atoms with Crippen molar-refractivity contribution in [1.29, 1.82) is 0 Å². The van der Waals surface area contributed by atoms with E-state index in [-0.39, 0.29) is 12.5 Å². The zero-order chi connectivity index (χ0) is 16.1. The Bertz CT molecular complexity index is 640. The average molecular weight is 322 g/mol. The van der Waals surface area contributed by atoms with Gasteiger partial charge in [0.05, 0.1) is 11.8 Å². The van der Waals surface area contributed by atoms with Crippen molar-refractivity contribution in [3.05, 3.63) is 47.2 Å². The Balaban J connectivity index is 1.97. The standard InChI is InChI=1S/C16H20ClN3O2/c1-11(2)8-14(21)10-18-16(22)15-6-7-20(19-15)13-5-3-4-12(17)9-13/h3-7,9,11,14,21H,8,10H2,1-2H3,(H,18,22). The van der Waals surface area contributed by atoms with Crippen molar-refractivity contribution >= 4 is 17.5 Å². The molecule has 2 N–H and O–H groups in total. The van der Waals surface area contributed by atoms with E-state index in [0.29, 0.717) is 23.1 Å². The van der Waals surface area contributed by atoms with Gasteiger partial charge in [-0.3, -0.25) is 4.79 Å². The first-order valence-electron chi connectivity index (χ1n) is 7.23. The molecule has 0 saturated heterocycles. The lowest BCUT2D eigenvalue weighted by atomic mass is 10.1. The first-order chi connectivity index (χ1) is 10.5. The van der Waals surface area contributed by atoms with Crippen LogP contribution in [-0.2, 0) is 0 Å². The Labute approximate surface area is 134 Å². The molecule has 118 valence electrons. The van der Waals surface area contributed by atoms with Crippen LogP contribution in [0.4, 0.5) is 0 Å². The van der Waals surface area contributed by atoms with Gasteiger partial charge in [-0.2, -0.15) is 5.10 Å². The molecule has 0 aliphatic carbocycles. The first kappa shape index (κ1) is 16.5. The number of hydrogen-bond donors (Lipinski definition) is 2. The van der Waals surface area contributed by atoms with Crippen LogP contribution in [0.5, 0.6) is 0 Å². The maximum atomic E-state index is 12.0. The second-order valence-electron chi connectivity index (χ2n) is 5.62. The minimum Gasteiger partial charge on any atom is -0.391 e. The van der Waals surface area contributed by atoms with Crippen LogP contribution in [0.25, 0.3) is 5.69 Å². The fourth-order valence-corrected chi connectivity index (χ4v) is 2.32. The number of nitrogens with zero attached hydrogens (tertiary/aromatic N) is 2. The lowest BCUT2D eigenvalue weighted by molar-refractivity contribution is 0.0895. The second-order valence-corrected chi connectivity index (χ2v) is 6.06. The molecule has 2 rings (SSSR count). The number of amides is 1. The summed E-state index contributed by atoms with van der Waals surface area (Å²) in [5, 5.41) is 17.3. The molecule has 1 aromatic heterocycles. The van der Waals surface area contributed by atoms with Gasteiger partial charge < -0.3 is 10.4 Å². The molecule has 1 amide bonds. The maximum absolute atomic E-state index is 12.0. The van der Waals surface area contributed by atoms with Crippen LogP contribution >= 0.6 is 11.6 Å². The number of aromatic nitrogens is 2. The molecule has 1 aromatic carbocycles. The van der Waals surface area contributed by atoms with Gasteiger partial charge in [0.25, 0.3) is 5.91 Å². The van der Waals surface area contributed by atoms with Gasteiger partial charge in [-0.25, -0.2) is 4.68 Å². The summed E-state index contributed by atoms with van der Waals surface area (Å²) in [5.74, 6) is 0.0810. The predicted molar refractivity (Wildman–Crippen MR) is 86.4 cm³/mol. The Kier molecular flexibility index (Phi) is 5.57. The van der Waals surface area contributed by atoms with Gasteiger partial charge in [0.15, 0.2) is 5.69 Å². The molecule has 5 nitrogen and oxygen atoms in total. The highest BCUT2D eigenvalue weighted by Gasteiger charge is 2.13. The lowest BCUT2D eigenvalue weighted by Gasteiger charge is -2.13. The highest BCUT2D eigenvalue weighted by atomic mass is 35.5. The third-order valence-electron chi connectivity index (χ3n) is 3.14. The number of hydrogen-bond acceptors (Lipinski definition) is 3. The number of halogens is 1. The van der Waals surface area contributed by atoms with Crippen LogP contribution < -0.4 is 5.32 Å². The Morgan fingerprint density at radius 2 is 2.18 bits per heavy atom. The highest BCUT2D eigenvalue weighted by molar-refractivity contribution is 6.30. The van der Waals surface area contributed by atoms with Crippen molar-refractivity contribution in [2.75, 3.05) is 6.54 Å². The van der Waals surface area contributed by atoms with Crippen LogP contribution in [0.3, 0.4) is 0 Å². The fraction of sp³-hybridized carbons (Fsp3) is 0.375.